The van der Waals surface area contributed by atoms with Crippen molar-refractivity contribution in [1.29, 1.82) is 0 Å². The highest BCUT2D eigenvalue weighted by Gasteiger charge is 2.25. The lowest BCUT2D eigenvalue weighted by molar-refractivity contribution is 0.0697. The number of anilines is 1. The molecule has 182 valence electrons. The molecule has 0 bridgehead atoms. The number of aryl methyl sites for hydroxylation is 1. The maximum absolute atomic E-state index is 14.5. The first-order valence-electron chi connectivity index (χ1n) is 11.3. The second kappa shape index (κ2) is 9.53. The first kappa shape index (κ1) is 23.1. The summed E-state index contributed by atoms with van der Waals surface area (Å²) in [5, 5.41) is 13.6. The molecule has 1 aliphatic rings. The molecule has 0 aliphatic heterocycles. The number of carboxylic acid groups (broad SMARTS) is 1. The molecule has 0 spiro atoms. The van der Waals surface area contributed by atoms with Gasteiger partial charge in [-0.05, 0) is 43.9 Å². The van der Waals surface area contributed by atoms with Crippen molar-refractivity contribution < 1.29 is 23.8 Å². The van der Waals surface area contributed by atoms with E-state index in [0.717, 1.165) is 40.4 Å². The van der Waals surface area contributed by atoms with Gasteiger partial charge in [0.2, 0.25) is 5.88 Å². The Hall–Kier alpha value is -3.66. The Morgan fingerprint density at radius 3 is 2.89 bits per heavy atom. The van der Waals surface area contributed by atoms with Crippen LogP contribution in [0.4, 0.5) is 10.1 Å². The van der Waals surface area contributed by atoms with Gasteiger partial charge in [-0.3, -0.25) is 4.98 Å². The molecule has 4 heterocycles. The van der Waals surface area contributed by atoms with Crippen LogP contribution in [0.25, 0.3) is 21.5 Å². The summed E-state index contributed by atoms with van der Waals surface area (Å²) < 4.78 is 27.5. The molecule has 0 atom stereocenters. The summed E-state index contributed by atoms with van der Waals surface area (Å²) in [6.45, 7) is 3.53. The van der Waals surface area contributed by atoms with Crippen LogP contribution in [0.5, 0.6) is 11.6 Å². The van der Waals surface area contributed by atoms with Crippen LogP contribution in [-0.2, 0) is 6.54 Å². The van der Waals surface area contributed by atoms with Gasteiger partial charge in [0.25, 0.3) is 0 Å². The van der Waals surface area contributed by atoms with E-state index in [1.54, 1.807) is 12.3 Å². The van der Waals surface area contributed by atoms with E-state index in [4.69, 9.17) is 9.47 Å². The average molecular weight is 497 g/mol. The number of fused-ring (bicyclic) bond motifs is 1. The van der Waals surface area contributed by atoms with Gasteiger partial charge in [-0.2, -0.15) is 0 Å². The smallest absolute Gasteiger partial charge is 0.349 e. The van der Waals surface area contributed by atoms with Crippen molar-refractivity contribution >= 4 is 33.9 Å². The lowest BCUT2D eigenvalue weighted by atomic mass is 10.2. The fourth-order valence-electron chi connectivity index (χ4n) is 4.03. The molecule has 1 aliphatic carbocycles. The van der Waals surface area contributed by atoms with Crippen LogP contribution < -0.4 is 14.8 Å². The molecule has 4 aromatic rings. The number of pyridine rings is 2. The largest absolute Gasteiger partial charge is 0.491 e. The van der Waals surface area contributed by atoms with Gasteiger partial charge in [0.15, 0.2) is 10.7 Å². The lowest BCUT2D eigenvalue weighted by Crippen LogP contribution is -2.12. The summed E-state index contributed by atoms with van der Waals surface area (Å²) in [4.78, 5) is 21.0. The number of ether oxygens (including phenoxy) is 2. The van der Waals surface area contributed by atoms with E-state index >= 15 is 0 Å². The molecular formula is C25H25FN4O4S. The third-order valence-electron chi connectivity index (χ3n) is 5.99. The topological polar surface area (TPSA) is 98.5 Å². The minimum absolute atomic E-state index is 0.183. The number of thiophene rings is 1. The lowest BCUT2D eigenvalue weighted by Gasteiger charge is -2.12. The molecule has 2 N–H and O–H groups in total. The zero-order valence-corrected chi connectivity index (χ0v) is 20.2. The van der Waals surface area contributed by atoms with Crippen LogP contribution in [0.1, 0.15) is 28.2 Å². The van der Waals surface area contributed by atoms with E-state index in [1.165, 1.54) is 13.3 Å². The van der Waals surface area contributed by atoms with Crippen molar-refractivity contribution in [3.63, 3.8) is 0 Å². The molecule has 0 saturated heterocycles. The zero-order chi connectivity index (χ0) is 24.5. The molecular weight excluding hydrogens is 471 g/mol. The average Bonchev–Trinajstić information content (AvgIpc) is 3.48. The quantitative estimate of drug-likeness (QED) is 0.311. The minimum atomic E-state index is -1.00. The van der Waals surface area contributed by atoms with Crippen molar-refractivity contribution in [2.45, 2.75) is 26.3 Å². The first-order valence-corrected chi connectivity index (χ1v) is 12.1. The van der Waals surface area contributed by atoms with Crippen LogP contribution in [-0.4, -0.2) is 45.9 Å². The van der Waals surface area contributed by atoms with Gasteiger partial charge in [0, 0.05) is 36.7 Å². The first-order chi connectivity index (χ1) is 16.9. The van der Waals surface area contributed by atoms with Crippen molar-refractivity contribution in [3.8, 4) is 22.2 Å². The molecule has 1 saturated carbocycles. The van der Waals surface area contributed by atoms with E-state index < -0.39 is 11.8 Å². The Balaban J connectivity index is 1.31. The summed E-state index contributed by atoms with van der Waals surface area (Å²) in [6.07, 6.45) is 5.11. The number of aromatic carboxylic acids is 1. The van der Waals surface area contributed by atoms with E-state index in [-0.39, 0.29) is 4.88 Å². The SMILES string of the molecule is COc1ncc(F)c2c1cc(C)n2CCNc1ccnc(-c2cc(OCC3CC3)c(C(=O)O)s2)c1. The molecule has 0 unspecified atom stereocenters. The molecule has 10 heteroatoms. The molecule has 35 heavy (non-hydrogen) atoms. The van der Waals surface area contributed by atoms with Crippen LogP contribution in [0.3, 0.4) is 0 Å². The van der Waals surface area contributed by atoms with Gasteiger partial charge in [-0.1, -0.05) is 0 Å². The number of hydrogen-bond acceptors (Lipinski definition) is 7. The fraction of sp³-hybridized carbons (Fsp3) is 0.320. The standard InChI is InChI=1S/C25H25FN4O4S/c1-14-9-17-22(18(26)12-29-24(17)33-2)30(14)8-7-27-16-5-6-28-19(10-16)21-11-20(23(35-21)25(31)32)34-13-15-3-4-15/h5-6,9-12,15H,3-4,7-8,13H2,1-2H3,(H,27,28)(H,31,32). The Morgan fingerprint density at radius 2 is 2.14 bits per heavy atom. The highest BCUT2D eigenvalue weighted by molar-refractivity contribution is 7.17. The molecule has 1 fully saturated rings. The predicted molar refractivity (Wildman–Crippen MR) is 132 cm³/mol. The van der Waals surface area contributed by atoms with Crippen molar-refractivity contribution in [1.82, 2.24) is 14.5 Å². The Labute approximate surface area is 205 Å². The van der Waals surface area contributed by atoms with Crippen molar-refractivity contribution in [2.75, 3.05) is 25.6 Å². The number of nitrogens with one attached hydrogen (secondary N) is 1. The van der Waals surface area contributed by atoms with Crippen LogP contribution in [0.2, 0.25) is 0 Å². The van der Waals surface area contributed by atoms with E-state index in [2.05, 4.69) is 15.3 Å². The van der Waals surface area contributed by atoms with E-state index in [9.17, 15) is 14.3 Å². The number of hydrogen-bond donors (Lipinski definition) is 2. The predicted octanol–water partition coefficient (Wildman–Crippen LogP) is 5.22. The fourth-order valence-corrected chi connectivity index (χ4v) is 4.94. The summed E-state index contributed by atoms with van der Waals surface area (Å²) in [5.41, 5.74) is 2.86. The number of carboxylic acids is 1. The highest BCUT2D eigenvalue weighted by atomic mass is 32.1. The number of carbonyl (C=O) groups is 1. The maximum atomic E-state index is 14.5. The zero-order valence-electron chi connectivity index (χ0n) is 19.4. The van der Waals surface area contributed by atoms with Gasteiger partial charge in [-0.25, -0.2) is 14.2 Å². The molecule has 5 rings (SSSR count). The van der Waals surface area contributed by atoms with Gasteiger partial charge in [0.1, 0.15) is 5.75 Å². The summed E-state index contributed by atoms with van der Waals surface area (Å²) >= 11 is 1.15. The van der Waals surface area contributed by atoms with Crippen LogP contribution in [0.15, 0.2) is 36.7 Å². The number of halogens is 1. The molecule has 0 amide bonds. The summed E-state index contributed by atoms with van der Waals surface area (Å²) in [5.74, 6) is -0.0856. The molecule has 8 nitrogen and oxygen atoms in total. The van der Waals surface area contributed by atoms with E-state index in [1.807, 2.05) is 29.7 Å². The Kier molecular flexibility index (Phi) is 6.29. The number of rotatable bonds is 10. The monoisotopic (exact) mass is 496 g/mol. The molecule has 0 radical (unpaired) electrons. The summed E-state index contributed by atoms with van der Waals surface area (Å²) in [6, 6.07) is 7.33. The molecule has 0 aromatic carbocycles. The normalized spacial score (nSPS) is 13.2. The molecule has 4 aromatic heterocycles. The Bertz CT molecular complexity index is 1400. The third kappa shape index (κ3) is 4.79. The van der Waals surface area contributed by atoms with Gasteiger partial charge in [-0.15, -0.1) is 11.3 Å². The van der Waals surface area contributed by atoms with Crippen LogP contribution in [0, 0.1) is 18.7 Å². The second-order valence-electron chi connectivity index (χ2n) is 8.54. The van der Waals surface area contributed by atoms with Crippen molar-refractivity contribution in [2.24, 2.45) is 5.92 Å². The van der Waals surface area contributed by atoms with Crippen molar-refractivity contribution in [3.05, 3.63) is 53.0 Å². The minimum Gasteiger partial charge on any atom is -0.491 e. The second-order valence-corrected chi connectivity index (χ2v) is 9.59. The van der Waals surface area contributed by atoms with Gasteiger partial charge >= 0.3 is 5.97 Å². The maximum Gasteiger partial charge on any atom is 0.349 e. The highest BCUT2D eigenvalue weighted by Crippen LogP contribution is 2.38. The van der Waals surface area contributed by atoms with E-state index in [0.29, 0.717) is 53.8 Å². The van der Waals surface area contributed by atoms with Gasteiger partial charge in [0.05, 0.1) is 41.4 Å². The van der Waals surface area contributed by atoms with Gasteiger partial charge < -0.3 is 24.5 Å². The van der Waals surface area contributed by atoms with Crippen LogP contribution >= 0.6 is 11.3 Å². The number of aromatic nitrogens is 3. The summed E-state index contributed by atoms with van der Waals surface area (Å²) in [7, 11) is 1.52. The number of nitrogens with zero attached hydrogens (tertiary/aromatic N) is 3. The number of methoxy groups -OCH3 is 1. The Morgan fingerprint density at radius 1 is 1.31 bits per heavy atom. The third-order valence-corrected chi connectivity index (χ3v) is 7.12.